The maximum Gasteiger partial charge on any atom is 0.410 e. The van der Waals surface area contributed by atoms with Gasteiger partial charge in [-0.15, -0.1) is 0 Å². The number of nitrogens with zero attached hydrogens (tertiary/aromatic N) is 4. The van der Waals surface area contributed by atoms with Crippen LogP contribution in [0, 0.1) is 51.2 Å². The first-order valence-electron chi connectivity index (χ1n) is 19.5. The summed E-state index contributed by atoms with van der Waals surface area (Å²) in [6, 6.07) is 0. The van der Waals surface area contributed by atoms with Gasteiger partial charge < -0.3 is 23.7 Å². The average Bonchev–Trinajstić information content (AvgIpc) is 3.28. The Morgan fingerprint density at radius 3 is 2.48 bits per heavy atom. The van der Waals surface area contributed by atoms with Crippen molar-refractivity contribution in [2.45, 2.75) is 143 Å². The van der Waals surface area contributed by atoms with Crippen molar-refractivity contribution in [3.05, 3.63) is 18.2 Å². The van der Waals surface area contributed by atoms with Crippen LogP contribution < -0.4 is 0 Å². The maximum atomic E-state index is 13.5. The monoisotopic (exact) mass is 662 g/mol. The van der Waals surface area contributed by atoms with E-state index < -0.39 is 0 Å². The molecular formula is C39H58N4O5. The van der Waals surface area contributed by atoms with E-state index in [1.807, 2.05) is 22.2 Å². The number of fused-ring (bicyclic) bond motifs is 5. The Balaban J connectivity index is 0.883. The third-order valence-corrected chi connectivity index (χ3v) is 16.2. The van der Waals surface area contributed by atoms with E-state index in [4.69, 9.17) is 14.2 Å². The summed E-state index contributed by atoms with van der Waals surface area (Å²) < 4.78 is 21.7. The van der Waals surface area contributed by atoms with Crippen LogP contribution in [0.2, 0.25) is 0 Å². The van der Waals surface area contributed by atoms with Gasteiger partial charge in [0.2, 0.25) is 0 Å². The number of hydrogen-bond acceptors (Lipinski definition) is 6. The number of likely N-dealkylation sites (tertiary alicyclic amines) is 1. The first-order chi connectivity index (χ1) is 23.0. The number of carbonyl (C=O) groups is 2. The lowest BCUT2D eigenvalue weighted by molar-refractivity contribution is -0.151. The van der Waals surface area contributed by atoms with E-state index in [-0.39, 0.29) is 47.9 Å². The fourth-order valence-electron chi connectivity index (χ4n) is 13.6. The van der Waals surface area contributed by atoms with Crippen molar-refractivity contribution in [1.82, 2.24) is 19.4 Å². The fourth-order valence-corrected chi connectivity index (χ4v) is 13.6. The molecule has 1 aromatic heterocycles. The van der Waals surface area contributed by atoms with Gasteiger partial charge >= 0.3 is 12.2 Å². The van der Waals surface area contributed by atoms with Crippen molar-refractivity contribution in [3.63, 3.8) is 0 Å². The second kappa shape index (κ2) is 10.9. The summed E-state index contributed by atoms with van der Waals surface area (Å²) in [5, 5.41) is 0. The van der Waals surface area contributed by atoms with Crippen molar-refractivity contribution >= 4 is 12.2 Å². The van der Waals surface area contributed by atoms with Gasteiger partial charge in [-0.1, -0.05) is 34.6 Å². The molecule has 9 nitrogen and oxygen atoms in total. The number of amides is 2. The topological polar surface area (TPSA) is 86.1 Å². The smallest absolute Gasteiger partial charge is 0.410 e. The minimum Gasteiger partial charge on any atom is -0.446 e. The molecule has 9 rings (SSSR count). The van der Waals surface area contributed by atoms with Crippen molar-refractivity contribution in [1.29, 1.82) is 0 Å². The lowest BCUT2D eigenvalue weighted by Crippen LogP contribution is -2.55. The standard InChI is InChI=1S/C39H58N4O5/c1-24(2)33(48-34(44)42-16-6-17-42)28-9-7-26-29(46-28)21-27-25-8-10-30-36(3,4)31(11-12-39(30)23-38(25,39)14-13-37(26,27)5)47-35(45)43-20-19-41-18-15-40-32(41)22-43/h15,18,24-31,33H,6-14,16-17,19-23H2,1-5H3. The van der Waals surface area contributed by atoms with E-state index in [1.165, 1.54) is 51.4 Å². The number of ether oxygens (including phenoxy) is 3. The molecule has 2 amide bonds. The molecule has 48 heavy (non-hydrogen) atoms. The Kier molecular flexibility index (Phi) is 7.16. The number of imidazole rings is 1. The van der Waals surface area contributed by atoms with E-state index in [2.05, 4.69) is 44.2 Å². The maximum absolute atomic E-state index is 13.5. The molecular weight excluding hydrogens is 604 g/mol. The average molecular weight is 663 g/mol. The van der Waals surface area contributed by atoms with Crippen molar-refractivity contribution < 1.29 is 23.8 Å². The van der Waals surface area contributed by atoms with Crippen LogP contribution in [0.1, 0.15) is 111 Å². The number of rotatable bonds is 4. The molecule has 2 saturated heterocycles. The number of carbonyl (C=O) groups excluding carboxylic acids is 2. The van der Waals surface area contributed by atoms with E-state index >= 15 is 0 Å². The molecule has 1 aromatic rings. The molecule has 0 aromatic carbocycles. The highest BCUT2D eigenvalue weighted by atomic mass is 16.6. The predicted octanol–water partition coefficient (Wildman–Crippen LogP) is 7.28. The van der Waals surface area contributed by atoms with Crippen LogP contribution in [0.3, 0.4) is 0 Å². The fraction of sp³-hybridized carbons (Fsp3) is 0.872. The first kappa shape index (κ1) is 31.7. The second-order valence-electron chi connectivity index (χ2n) is 18.6. The quantitative estimate of drug-likeness (QED) is 0.337. The second-order valence-corrected chi connectivity index (χ2v) is 18.6. The molecule has 3 aliphatic heterocycles. The van der Waals surface area contributed by atoms with Crippen LogP contribution in [-0.2, 0) is 27.3 Å². The molecule has 8 aliphatic rings. The van der Waals surface area contributed by atoms with E-state index in [0.717, 1.165) is 50.6 Å². The molecule has 11 unspecified atom stereocenters. The highest BCUT2D eigenvalue weighted by Gasteiger charge is 2.81. The van der Waals surface area contributed by atoms with Gasteiger partial charge in [0.25, 0.3) is 0 Å². The Morgan fingerprint density at radius 1 is 0.896 bits per heavy atom. The highest BCUT2D eigenvalue weighted by Crippen LogP contribution is 2.87. The Hall–Kier alpha value is -2.29. The van der Waals surface area contributed by atoms with Crippen LogP contribution >= 0.6 is 0 Å². The molecule has 0 radical (unpaired) electrons. The minimum atomic E-state index is -0.174. The van der Waals surface area contributed by atoms with Gasteiger partial charge in [-0.25, -0.2) is 14.6 Å². The lowest BCUT2D eigenvalue weighted by Gasteiger charge is -2.59. The lowest BCUT2D eigenvalue weighted by atomic mass is 9.46. The summed E-state index contributed by atoms with van der Waals surface area (Å²) in [6.45, 7) is 15.4. The van der Waals surface area contributed by atoms with Gasteiger partial charge in [-0.3, -0.25) is 4.90 Å². The summed E-state index contributed by atoms with van der Waals surface area (Å²) in [4.78, 5) is 34.4. The molecule has 0 bridgehead atoms. The molecule has 264 valence electrons. The van der Waals surface area contributed by atoms with Crippen molar-refractivity contribution in [2.75, 3.05) is 19.6 Å². The van der Waals surface area contributed by atoms with Gasteiger partial charge in [-0.2, -0.15) is 0 Å². The SMILES string of the molecule is CC(C)C(OC(=O)N1CCC1)C1CCC2C(CC3C4CCC5C(C)(C)C(OC(=O)N6CCn7ccnc7C6)CCC56CC46CCC23C)O1. The molecule has 7 fully saturated rings. The molecule has 5 aliphatic carbocycles. The largest absolute Gasteiger partial charge is 0.446 e. The van der Waals surface area contributed by atoms with Gasteiger partial charge in [0.05, 0.1) is 18.8 Å². The Morgan fingerprint density at radius 2 is 1.71 bits per heavy atom. The highest BCUT2D eigenvalue weighted by molar-refractivity contribution is 5.69. The Bertz CT molecular complexity index is 1460. The zero-order valence-corrected chi connectivity index (χ0v) is 30.0. The molecule has 11 atom stereocenters. The molecule has 4 heterocycles. The van der Waals surface area contributed by atoms with Gasteiger partial charge in [0.1, 0.15) is 18.0 Å². The van der Waals surface area contributed by atoms with E-state index in [9.17, 15) is 9.59 Å². The third-order valence-electron chi connectivity index (χ3n) is 16.2. The van der Waals surface area contributed by atoms with Gasteiger partial charge in [-0.05, 0) is 116 Å². The van der Waals surface area contributed by atoms with Crippen LogP contribution in [-0.4, -0.2) is 75.6 Å². The normalized spacial score (nSPS) is 44.2. The molecule has 0 N–H and O–H groups in total. The van der Waals surface area contributed by atoms with Crippen LogP contribution in [0.25, 0.3) is 0 Å². The van der Waals surface area contributed by atoms with Crippen molar-refractivity contribution in [3.8, 4) is 0 Å². The van der Waals surface area contributed by atoms with Gasteiger partial charge in [0, 0.05) is 44.0 Å². The van der Waals surface area contributed by atoms with Crippen molar-refractivity contribution in [2.24, 2.45) is 51.2 Å². The van der Waals surface area contributed by atoms with Crippen LogP contribution in [0.5, 0.6) is 0 Å². The molecule has 9 heteroatoms. The Labute approximate surface area is 286 Å². The summed E-state index contributed by atoms with van der Waals surface area (Å²) >= 11 is 0. The summed E-state index contributed by atoms with van der Waals surface area (Å²) in [5.74, 6) is 3.89. The first-order valence-corrected chi connectivity index (χ1v) is 19.5. The number of hydrogen-bond donors (Lipinski definition) is 0. The predicted molar refractivity (Wildman–Crippen MR) is 180 cm³/mol. The zero-order valence-electron chi connectivity index (χ0n) is 30.0. The minimum absolute atomic E-state index is 0.00247. The molecule has 2 spiro atoms. The third kappa shape index (κ3) is 4.39. The number of aromatic nitrogens is 2. The molecule has 5 saturated carbocycles. The van der Waals surface area contributed by atoms with Gasteiger partial charge in [0.15, 0.2) is 0 Å². The van der Waals surface area contributed by atoms with E-state index in [1.54, 1.807) is 0 Å². The van der Waals surface area contributed by atoms with E-state index in [0.29, 0.717) is 47.1 Å². The van der Waals surface area contributed by atoms with Crippen LogP contribution in [0.15, 0.2) is 12.4 Å². The summed E-state index contributed by atoms with van der Waals surface area (Å²) in [6.07, 6.45) is 16.8. The van der Waals surface area contributed by atoms with Crippen LogP contribution in [0.4, 0.5) is 9.59 Å². The zero-order chi connectivity index (χ0) is 33.2. The summed E-state index contributed by atoms with van der Waals surface area (Å²) in [5.41, 5.74) is 1.17. The summed E-state index contributed by atoms with van der Waals surface area (Å²) in [7, 11) is 0.